The Balaban J connectivity index is 1.98. The second-order valence-corrected chi connectivity index (χ2v) is 5.82. The molecule has 0 spiro atoms. The van der Waals surface area contributed by atoms with Crippen molar-refractivity contribution < 1.29 is 9.32 Å². The molecule has 0 saturated heterocycles. The van der Waals surface area contributed by atoms with Crippen molar-refractivity contribution in [2.24, 2.45) is 0 Å². The smallest absolute Gasteiger partial charge is 0.242 e. The molecular formula is C18H25N3O2. The van der Waals surface area contributed by atoms with Crippen LogP contribution < -0.4 is 5.32 Å². The maximum absolute atomic E-state index is 12.5. The molecule has 1 unspecified atom stereocenters. The lowest BCUT2D eigenvalue weighted by molar-refractivity contribution is -0.121. The molecule has 5 nitrogen and oxygen atoms in total. The Labute approximate surface area is 137 Å². The Morgan fingerprint density at radius 3 is 2.43 bits per heavy atom. The van der Waals surface area contributed by atoms with Crippen LogP contribution >= 0.6 is 0 Å². The topological polar surface area (TPSA) is 58.4 Å². The predicted octanol–water partition coefficient (Wildman–Crippen LogP) is 3.39. The van der Waals surface area contributed by atoms with Crippen LogP contribution in [0.3, 0.4) is 0 Å². The summed E-state index contributed by atoms with van der Waals surface area (Å²) >= 11 is 0. The van der Waals surface area contributed by atoms with Gasteiger partial charge in [0.15, 0.2) is 5.82 Å². The molecule has 1 N–H and O–H groups in total. The molecule has 2 aromatic rings. The molecule has 0 bridgehead atoms. The molecule has 1 atom stereocenters. The van der Waals surface area contributed by atoms with Gasteiger partial charge in [-0.05, 0) is 37.9 Å². The van der Waals surface area contributed by atoms with Crippen LogP contribution in [0.4, 0.5) is 5.82 Å². The van der Waals surface area contributed by atoms with Gasteiger partial charge in [-0.25, -0.2) is 0 Å². The summed E-state index contributed by atoms with van der Waals surface area (Å²) in [5.41, 5.74) is 2.52. The van der Waals surface area contributed by atoms with E-state index in [2.05, 4.69) is 46.6 Å². The van der Waals surface area contributed by atoms with Crippen LogP contribution in [0.5, 0.6) is 0 Å². The lowest BCUT2D eigenvalue weighted by Crippen LogP contribution is -2.41. The number of amides is 1. The summed E-state index contributed by atoms with van der Waals surface area (Å²) in [7, 11) is 1.97. The van der Waals surface area contributed by atoms with Crippen LogP contribution in [-0.2, 0) is 17.8 Å². The minimum atomic E-state index is -0.210. The van der Waals surface area contributed by atoms with Gasteiger partial charge in [0, 0.05) is 12.6 Å². The van der Waals surface area contributed by atoms with Crippen molar-refractivity contribution in [3.8, 4) is 0 Å². The molecule has 1 aromatic carbocycles. The fourth-order valence-electron chi connectivity index (χ4n) is 2.61. The van der Waals surface area contributed by atoms with E-state index in [1.807, 2.05) is 14.0 Å². The molecule has 2 rings (SSSR count). The second-order valence-electron chi connectivity index (χ2n) is 5.82. The van der Waals surface area contributed by atoms with E-state index in [0.717, 1.165) is 19.4 Å². The fraction of sp³-hybridized carbons (Fsp3) is 0.444. The first kappa shape index (κ1) is 17.2. The largest absolute Gasteiger partial charge is 0.360 e. The molecule has 0 aliphatic rings. The Bertz CT molecular complexity index is 634. The van der Waals surface area contributed by atoms with E-state index in [-0.39, 0.29) is 11.9 Å². The van der Waals surface area contributed by atoms with E-state index in [0.29, 0.717) is 11.6 Å². The first-order valence-electron chi connectivity index (χ1n) is 8.05. The first-order valence-corrected chi connectivity index (χ1v) is 8.05. The highest BCUT2D eigenvalue weighted by molar-refractivity contribution is 5.93. The molecule has 0 radical (unpaired) electrons. The number of likely N-dealkylation sites (N-methyl/N-ethyl adjacent to an activating group) is 1. The van der Waals surface area contributed by atoms with Gasteiger partial charge >= 0.3 is 0 Å². The van der Waals surface area contributed by atoms with Gasteiger partial charge in [-0.1, -0.05) is 43.3 Å². The first-order chi connectivity index (χ1) is 11.0. The standard InChI is InChI=1S/C18H25N3O2/c1-5-14-7-9-15(10-8-14)12-21(4)16(6-2)18(22)19-17-11-13(3)23-20-17/h7-11,16H,5-6,12H2,1-4H3,(H,19,20,22). The zero-order valence-electron chi connectivity index (χ0n) is 14.3. The molecule has 5 heteroatoms. The third kappa shape index (κ3) is 4.66. The van der Waals surface area contributed by atoms with E-state index in [1.165, 1.54) is 11.1 Å². The van der Waals surface area contributed by atoms with Crippen molar-refractivity contribution in [3.63, 3.8) is 0 Å². The van der Waals surface area contributed by atoms with Crippen molar-refractivity contribution in [1.29, 1.82) is 0 Å². The van der Waals surface area contributed by atoms with E-state index >= 15 is 0 Å². The molecule has 1 amide bonds. The molecule has 0 fully saturated rings. The molecular weight excluding hydrogens is 290 g/mol. The summed E-state index contributed by atoms with van der Waals surface area (Å²) in [5.74, 6) is 1.08. The number of nitrogens with zero attached hydrogens (tertiary/aromatic N) is 2. The lowest BCUT2D eigenvalue weighted by atomic mass is 10.1. The third-order valence-corrected chi connectivity index (χ3v) is 3.96. The van der Waals surface area contributed by atoms with Crippen LogP contribution in [-0.4, -0.2) is 29.1 Å². The molecule has 0 aliphatic carbocycles. The predicted molar refractivity (Wildman–Crippen MR) is 91.2 cm³/mol. The molecule has 0 saturated carbocycles. The molecule has 1 aromatic heterocycles. The van der Waals surface area contributed by atoms with Gasteiger partial charge in [0.2, 0.25) is 5.91 Å². The lowest BCUT2D eigenvalue weighted by Gasteiger charge is -2.25. The molecule has 0 aliphatic heterocycles. The number of benzene rings is 1. The number of hydrogen-bond donors (Lipinski definition) is 1. The van der Waals surface area contributed by atoms with Gasteiger partial charge in [-0.2, -0.15) is 0 Å². The van der Waals surface area contributed by atoms with Crippen molar-refractivity contribution in [3.05, 3.63) is 47.2 Å². The highest BCUT2D eigenvalue weighted by atomic mass is 16.5. The number of hydrogen-bond acceptors (Lipinski definition) is 4. The highest BCUT2D eigenvalue weighted by Crippen LogP contribution is 2.13. The number of anilines is 1. The normalized spacial score (nSPS) is 12.4. The van der Waals surface area contributed by atoms with Crippen LogP contribution in [0.25, 0.3) is 0 Å². The number of carbonyl (C=O) groups is 1. The average molecular weight is 315 g/mol. The number of nitrogens with one attached hydrogen (secondary N) is 1. The highest BCUT2D eigenvalue weighted by Gasteiger charge is 2.22. The summed E-state index contributed by atoms with van der Waals surface area (Å²) in [4.78, 5) is 14.5. The summed E-state index contributed by atoms with van der Waals surface area (Å²) < 4.78 is 4.98. The van der Waals surface area contributed by atoms with E-state index < -0.39 is 0 Å². The van der Waals surface area contributed by atoms with Crippen LogP contribution in [0.1, 0.15) is 37.2 Å². The summed E-state index contributed by atoms with van der Waals surface area (Å²) in [6.07, 6.45) is 1.76. The van der Waals surface area contributed by atoms with Crippen LogP contribution in [0.15, 0.2) is 34.9 Å². The Kier molecular flexibility index (Phi) is 5.93. The van der Waals surface area contributed by atoms with E-state index in [4.69, 9.17) is 4.52 Å². The van der Waals surface area contributed by atoms with Gasteiger partial charge in [-0.15, -0.1) is 0 Å². The number of aryl methyl sites for hydroxylation is 2. The Hall–Kier alpha value is -2.14. The number of carbonyl (C=O) groups excluding carboxylic acids is 1. The van der Waals surface area contributed by atoms with Crippen LogP contribution in [0.2, 0.25) is 0 Å². The van der Waals surface area contributed by atoms with Crippen molar-refractivity contribution >= 4 is 11.7 Å². The number of rotatable bonds is 7. The van der Waals surface area contributed by atoms with Gasteiger partial charge in [-0.3, -0.25) is 9.69 Å². The maximum atomic E-state index is 12.5. The van der Waals surface area contributed by atoms with Gasteiger partial charge in [0.1, 0.15) is 5.76 Å². The third-order valence-electron chi connectivity index (χ3n) is 3.96. The van der Waals surface area contributed by atoms with E-state index in [1.54, 1.807) is 13.0 Å². The molecule has 1 heterocycles. The molecule has 124 valence electrons. The summed E-state index contributed by atoms with van der Waals surface area (Å²) in [5, 5.41) is 6.62. The zero-order valence-corrected chi connectivity index (χ0v) is 14.3. The monoisotopic (exact) mass is 315 g/mol. The quantitative estimate of drug-likeness (QED) is 0.851. The minimum Gasteiger partial charge on any atom is -0.360 e. The maximum Gasteiger partial charge on any atom is 0.242 e. The van der Waals surface area contributed by atoms with E-state index in [9.17, 15) is 4.79 Å². The van der Waals surface area contributed by atoms with Crippen molar-refractivity contribution in [2.45, 2.75) is 46.2 Å². The van der Waals surface area contributed by atoms with Gasteiger partial charge < -0.3 is 9.84 Å². The summed E-state index contributed by atoms with van der Waals surface area (Å²) in [6, 6.07) is 10.0. The Morgan fingerprint density at radius 1 is 1.26 bits per heavy atom. The van der Waals surface area contributed by atoms with Crippen molar-refractivity contribution in [2.75, 3.05) is 12.4 Å². The minimum absolute atomic E-state index is 0.0616. The fourth-order valence-corrected chi connectivity index (χ4v) is 2.61. The van der Waals surface area contributed by atoms with Crippen molar-refractivity contribution in [1.82, 2.24) is 10.1 Å². The van der Waals surface area contributed by atoms with Crippen LogP contribution in [0, 0.1) is 6.92 Å². The average Bonchev–Trinajstić information content (AvgIpc) is 2.93. The Morgan fingerprint density at radius 2 is 1.91 bits per heavy atom. The van der Waals surface area contributed by atoms with Gasteiger partial charge in [0.25, 0.3) is 0 Å². The molecule has 23 heavy (non-hydrogen) atoms. The number of aromatic nitrogens is 1. The summed E-state index contributed by atoms with van der Waals surface area (Å²) in [6.45, 7) is 6.68. The zero-order chi connectivity index (χ0) is 16.8. The SMILES string of the molecule is CCc1ccc(CN(C)C(CC)C(=O)Nc2cc(C)on2)cc1. The van der Waals surface area contributed by atoms with Gasteiger partial charge in [0.05, 0.1) is 6.04 Å². The second kappa shape index (κ2) is 7.92.